The second-order valence-electron chi connectivity index (χ2n) is 6.11. The lowest BCUT2D eigenvalue weighted by Gasteiger charge is -2.22. The van der Waals surface area contributed by atoms with Crippen LogP contribution in [0.3, 0.4) is 0 Å². The molecule has 1 atom stereocenters. The first kappa shape index (κ1) is 17.8. The summed E-state index contributed by atoms with van der Waals surface area (Å²) in [7, 11) is 0. The molecular formula is C19H22O5. The summed E-state index contributed by atoms with van der Waals surface area (Å²) in [6, 6.07) is 14.1. The first-order valence-corrected chi connectivity index (χ1v) is 7.76. The predicted molar refractivity (Wildman–Crippen MR) is 90.4 cm³/mol. The Hall–Kier alpha value is -2.53. The first-order chi connectivity index (χ1) is 11.3. The Balaban J connectivity index is 2.27. The second kappa shape index (κ2) is 7.36. The molecule has 0 saturated heterocycles. The number of aliphatic hydroxyl groups excluding tert-OH is 1. The number of aliphatic hydroxyl groups is 1. The van der Waals surface area contributed by atoms with Crippen molar-refractivity contribution >= 4 is 5.97 Å². The van der Waals surface area contributed by atoms with E-state index in [0.29, 0.717) is 12.2 Å². The van der Waals surface area contributed by atoms with Crippen molar-refractivity contribution in [2.24, 2.45) is 0 Å². The van der Waals surface area contributed by atoms with Gasteiger partial charge in [-0.3, -0.25) is 0 Å². The number of carboxylic acids is 1. The van der Waals surface area contributed by atoms with Gasteiger partial charge in [0.05, 0.1) is 0 Å². The Labute approximate surface area is 141 Å². The maximum atomic E-state index is 11.1. The van der Waals surface area contributed by atoms with E-state index < -0.39 is 11.6 Å². The summed E-state index contributed by atoms with van der Waals surface area (Å²) < 4.78 is 5.49. The highest BCUT2D eigenvalue weighted by molar-refractivity contribution is 5.76. The molecule has 2 aromatic carbocycles. The molecule has 0 radical (unpaired) electrons. The maximum Gasteiger partial charge on any atom is 0.347 e. The van der Waals surface area contributed by atoms with Gasteiger partial charge in [-0.1, -0.05) is 30.3 Å². The fourth-order valence-electron chi connectivity index (χ4n) is 2.52. The van der Waals surface area contributed by atoms with Crippen molar-refractivity contribution in [2.75, 3.05) is 6.61 Å². The fraction of sp³-hybridized carbons (Fsp3) is 0.316. The van der Waals surface area contributed by atoms with Crippen molar-refractivity contribution < 1.29 is 24.9 Å². The minimum Gasteiger partial charge on any atom is -0.508 e. The van der Waals surface area contributed by atoms with Gasteiger partial charge in [0.15, 0.2) is 5.60 Å². The summed E-state index contributed by atoms with van der Waals surface area (Å²) in [6.07, 6.45) is 0.471. The lowest BCUT2D eigenvalue weighted by Crippen LogP contribution is -2.37. The zero-order valence-electron chi connectivity index (χ0n) is 13.8. The van der Waals surface area contributed by atoms with E-state index in [1.807, 2.05) is 24.3 Å². The smallest absolute Gasteiger partial charge is 0.347 e. The molecule has 2 aromatic rings. The van der Waals surface area contributed by atoms with Crippen LogP contribution in [-0.4, -0.2) is 33.5 Å². The molecule has 0 aromatic heterocycles. The third-order valence-electron chi connectivity index (χ3n) is 3.90. The largest absolute Gasteiger partial charge is 0.508 e. The molecule has 0 heterocycles. The Kier molecular flexibility index (Phi) is 5.46. The highest BCUT2D eigenvalue weighted by Crippen LogP contribution is 2.34. The second-order valence-corrected chi connectivity index (χ2v) is 6.11. The highest BCUT2D eigenvalue weighted by Gasteiger charge is 2.29. The van der Waals surface area contributed by atoms with Gasteiger partial charge in [-0.25, -0.2) is 4.79 Å². The minimum atomic E-state index is -1.32. The Morgan fingerprint density at radius 3 is 2.29 bits per heavy atom. The Bertz CT molecular complexity index is 691. The van der Waals surface area contributed by atoms with E-state index >= 15 is 0 Å². The summed E-state index contributed by atoms with van der Waals surface area (Å²) >= 11 is 0. The number of hydrogen-bond donors (Lipinski definition) is 3. The van der Waals surface area contributed by atoms with Crippen LogP contribution in [0.2, 0.25) is 0 Å². The number of aromatic hydroxyl groups is 1. The lowest BCUT2D eigenvalue weighted by molar-refractivity contribution is -0.152. The van der Waals surface area contributed by atoms with Gasteiger partial charge in [0.2, 0.25) is 0 Å². The van der Waals surface area contributed by atoms with Gasteiger partial charge < -0.3 is 20.1 Å². The average molecular weight is 330 g/mol. The zero-order valence-corrected chi connectivity index (χ0v) is 13.8. The van der Waals surface area contributed by atoms with Crippen molar-refractivity contribution in [1.82, 2.24) is 0 Å². The molecule has 0 amide bonds. The van der Waals surface area contributed by atoms with Crippen molar-refractivity contribution in [3.05, 3.63) is 59.7 Å². The van der Waals surface area contributed by atoms with E-state index in [9.17, 15) is 15.0 Å². The first-order valence-electron chi connectivity index (χ1n) is 7.76. The average Bonchev–Trinajstić information content (AvgIpc) is 2.54. The van der Waals surface area contributed by atoms with Crippen molar-refractivity contribution in [3.8, 4) is 11.5 Å². The lowest BCUT2D eigenvalue weighted by atomic mass is 9.88. The number of benzene rings is 2. The van der Waals surface area contributed by atoms with Crippen LogP contribution >= 0.6 is 0 Å². The summed E-state index contributed by atoms with van der Waals surface area (Å²) in [6.45, 7) is 2.96. The minimum absolute atomic E-state index is 0.0106. The third-order valence-corrected chi connectivity index (χ3v) is 3.90. The van der Waals surface area contributed by atoms with E-state index in [2.05, 4.69) is 0 Å². The van der Waals surface area contributed by atoms with Crippen LogP contribution in [0.4, 0.5) is 0 Å². The van der Waals surface area contributed by atoms with Gasteiger partial charge in [-0.05, 0) is 44.0 Å². The normalized spacial score (nSPS) is 12.6. The molecule has 24 heavy (non-hydrogen) atoms. The molecule has 1 unspecified atom stereocenters. The molecule has 0 aliphatic heterocycles. The topological polar surface area (TPSA) is 87.0 Å². The van der Waals surface area contributed by atoms with E-state index in [-0.39, 0.29) is 18.3 Å². The number of rotatable bonds is 7. The molecule has 0 spiro atoms. The fourth-order valence-corrected chi connectivity index (χ4v) is 2.52. The summed E-state index contributed by atoms with van der Waals surface area (Å²) in [5.41, 5.74) is 0.334. The van der Waals surface area contributed by atoms with Gasteiger partial charge in [-0.2, -0.15) is 0 Å². The molecule has 5 nitrogen and oxygen atoms in total. The maximum absolute atomic E-state index is 11.1. The van der Waals surface area contributed by atoms with E-state index in [1.54, 1.807) is 24.3 Å². The van der Waals surface area contributed by atoms with E-state index in [0.717, 1.165) is 11.1 Å². The molecule has 128 valence electrons. The molecule has 0 aliphatic carbocycles. The van der Waals surface area contributed by atoms with Crippen LogP contribution in [-0.2, 0) is 4.79 Å². The van der Waals surface area contributed by atoms with Crippen LogP contribution < -0.4 is 4.74 Å². The van der Waals surface area contributed by atoms with Gasteiger partial charge in [0.1, 0.15) is 11.5 Å². The quantitative estimate of drug-likeness (QED) is 0.726. The number of phenols is 1. The number of hydrogen-bond acceptors (Lipinski definition) is 4. The number of para-hydroxylation sites is 1. The Morgan fingerprint density at radius 2 is 1.75 bits per heavy atom. The van der Waals surface area contributed by atoms with Crippen LogP contribution in [0.1, 0.15) is 37.3 Å². The van der Waals surface area contributed by atoms with E-state index in [4.69, 9.17) is 9.84 Å². The SMILES string of the molecule is CC(C)(Oc1ccc(C(CCO)c2ccccc2O)cc1)C(=O)O. The summed E-state index contributed by atoms with van der Waals surface area (Å²) in [5.74, 6) is -0.564. The summed E-state index contributed by atoms with van der Waals surface area (Å²) in [4.78, 5) is 11.1. The van der Waals surface area contributed by atoms with Crippen LogP contribution in [0.5, 0.6) is 11.5 Å². The molecule has 0 saturated carbocycles. The monoisotopic (exact) mass is 330 g/mol. The number of phenolic OH excluding ortho intramolecular Hbond substituents is 1. The van der Waals surface area contributed by atoms with Crippen LogP contribution in [0.25, 0.3) is 0 Å². The molecular weight excluding hydrogens is 308 g/mol. The van der Waals surface area contributed by atoms with E-state index in [1.165, 1.54) is 13.8 Å². The van der Waals surface area contributed by atoms with Crippen molar-refractivity contribution in [3.63, 3.8) is 0 Å². The Morgan fingerprint density at radius 1 is 1.12 bits per heavy atom. The van der Waals surface area contributed by atoms with Gasteiger partial charge in [0.25, 0.3) is 0 Å². The van der Waals surface area contributed by atoms with Crippen molar-refractivity contribution in [2.45, 2.75) is 31.8 Å². The highest BCUT2D eigenvalue weighted by atomic mass is 16.5. The standard InChI is InChI=1S/C19H22O5/c1-19(2,18(22)23)24-14-9-7-13(8-10-14)15(11-12-20)16-5-3-4-6-17(16)21/h3-10,15,20-21H,11-12H2,1-2H3,(H,22,23). The third kappa shape index (κ3) is 4.06. The number of carboxylic acid groups (broad SMARTS) is 1. The van der Waals surface area contributed by atoms with Gasteiger partial charge >= 0.3 is 5.97 Å². The number of aliphatic carboxylic acids is 1. The molecule has 0 fully saturated rings. The molecule has 5 heteroatoms. The van der Waals surface area contributed by atoms with Crippen molar-refractivity contribution in [1.29, 1.82) is 0 Å². The van der Waals surface area contributed by atoms with Gasteiger partial charge in [-0.15, -0.1) is 0 Å². The predicted octanol–water partition coefficient (Wildman–Crippen LogP) is 3.15. The molecule has 0 bridgehead atoms. The molecule has 0 aliphatic rings. The summed E-state index contributed by atoms with van der Waals surface area (Å²) in [5, 5.41) is 28.5. The van der Waals surface area contributed by atoms with Crippen LogP contribution in [0, 0.1) is 0 Å². The zero-order chi connectivity index (χ0) is 17.7. The molecule has 2 rings (SSSR count). The number of ether oxygens (including phenoxy) is 1. The number of carbonyl (C=O) groups is 1. The van der Waals surface area contributed by atoms with Gasteiger partial charge in [0, 0.05) is 18.1 Å². The molecule has 3 N–H and O–H groups in total. The van der Waals surface area contributed by atoms with Crippen LogP contribution in [0.15, 0.2) is 48.5 Å².